The summed E-state index contributed by atoms with van der Waals surface area (Å²) in [7, 11) is 0. The van der Waals surface area contributed by atoms with Gasteiger partial charge in [0.1, 0.15) is 0 Å². The van der Waals surface area contributed by atoms with Gasteiger partial charge in [-0.15, -0.1) is 0 Å². The number of rotatable bonds is 2. The van der Waals surface area contributed by atoms with E-state index in [-0.39, 0.29) is 11.5 Å². The van der Waals surface area contributed by atoms with E-state index in [1.807, 2.05) is 11.8 Å². The number of halogens is 2. The minimum Gasteiger partial charge on any atom is -0.388 e. The van der Waals surface area contributed by atoms with Crippen LogP contribution in [0.2, 0.25) is 0 Å². The normalized spacial score (nSPS) is 26.7. The molecule has 116 valence electrons. The van der Waals surface area contributed by atoms with Gasteiger partial charge in [-0.2, -0.15) is 11.8 Å². The van der Waals surface area contributed by atoms with Gasteiger partial charge in [0.25, 0.3) is 0 Å². The highest BCUT2D eigenvalue weighted by Gasteiger charge is 2.41. The van der Waals surface area contributed by atoms with Crippen LogP contribution in [0.5, 0.6) is 0 Å². The van der Waals surface area contributed by atoms with Crippen LogP contribution in [0.1, 0.15) is 37.4 Å². The number of hydrogen-bond acceptors (Lipinski definition) is 3. The van der Waals surface area contributed by atoms with E-state index in [9.17, 15) is 13.9 Å². The van der Waals surface area contributed by atoms with Crippen LogP contribution in [0.4, 0.5) is 8.78 Å². The van der Waals surface area contributed by atoms with Crippen LogP contribution in [0, 0.1) is 17.6 Å². The minimum atomic E-state index is -0.901. The fourth-order valence-corrected chi connectivity index (χ4v) is 4.63. The van der Waals surface area contributed by atoms with Crippen LogP contribution in [0.25, 0.3) is 0 Å². The van der Waals surface area contributed by atoms with E-state index in [1.54, 1.807) is 0 Å². The Morgan fingerprint density at radius 3 is 2.71 bits per heavy atom. The summed E-state index contributed by atoms with van der Waals surface area (Å²) in [6.07, 6.45) is 2.83. The molecule has 2 atom stereocenters. The maximum Gasteiger partial charge on any atom is 0.159 e. The molecule has 0 bridgehead atoms. The van der Waals surface area contributed by atoms with Gasteiger partial charge in [-0.05, 0) is 60.8 Å². The van der Waals surface area contributed by atoms with Crippen molar-refractivity contribution in [2.75, 3.05) is 18.1 Å². The zero-order valence-corrected chi connectivity index (χ0v) is 12.7. The number of ether oxygens (including phenoxy) is 1. The molecule has 0 radical (unpaired) electrons. The van der Waals surface area contributed by atoms with Gasteiger partial charge in [-0.25, -0.2) is 8.78 Å². The van der Waals surface area contributed by atoms with Crippen LogP contribution < -0.4 is 0 Å². The first-order valence-corrected chi connectivity index (χ1v) is 8.60. The molecular formula is C16H20F2O2S. The van der Waals surface area contributed by atoms with Crippen molar-refractivity contribution in [2.45, 2.75) is 37.4 Å². The lowest BCUT2D eigenvalue weighted by atomic mass is 9.78. The summed E-state index contributed by atoms with van der Waals surface area (Å²) < 4.78 is 32.4. The molecule has 2 nitrogen and oxygen atoms in total. The van der Waals surface area contributed by atoms with Crippen LogP contribution in [-0.2, 0) is 4.74 Å². The maximum atomic E-state index is 13.3. The summed E-state index contributed by atoms with van der Waals surface area (Å²) in [5.41, 5.74) is 0.342. The van der Waals surface area contributed by atoms with Crippen molar-refractivity contribution >= 4 is 11.8 Å². The molecule has 1 spiro atoms. The molecule has 0 amide bonds. The molecule has 0 aliphatic carbocycles. The summed E-state index contributed by atoms with van der Waals surface area (Å²) in [4.78, 5) is 0. The van der Waals surface area contributed by atoms with E-state index < -0.39 is 17.7 Å². The summed E-state index contributed by atoms with van der Waals surface area (Å²) in [5.74, 6) is 0.454. The first-order chi connectivity index (χ1) is 10.1. The predicted molar refractivity (Wildman–Crippen MR) is 79.3 cm³/mol. The lowest BCUT2D eigenvalue weighted by molar-refractivity contribution is -0.121. The van der Waals surface area contributed by atoms with E-state index in [0.29, 0.717) is 12.2 Å². The highest BCUT2D eigenvalue weighted by atomic mass is 32.2. The Morgan fingerprint density at radius 1 is 1.24 bits per heavy atom. The fourth-order valence-electron chi connectivity index (χ4n) is 3.40. The van der Waals surface area contributed by atoms with Gasteiger partial charge in [-0.1, -0.05) is 6.07 Å². The van der Waals surface area contributed by atoms with E-state index in [0.717, 1.165) is 49.3 Å². The van der Waals surface area contributed by atoms with Gasteiger partial charge in [-0.3, -0.25) is 0 Å². The van der Waals surface area contributed by atoms with Gasteiger partial charge in [0.15, 0.2) is 11.6 Å². The zero-order valence-electron chi connectivity index (χ0n) is 11.9. The molecule has 1 aromatic carbocycles. The second-order valence-electron chi connectivity index (χ2n) is 6.02. The quantitative estimate of drug-likeness (QED) is 0.903. The third kappa shape index (κ3) is 3.25. The summed E-state index contributed by atoms with van der Waals surface area (Å²) in [6, 6.07) is 3.67. The van der Waals surface area contributed by atoms with Crippen LogP contribution in [0.15, 0.2) is 18.2 Å². The second-order valence-corrected chi connectivity index (χ2v) is 7.24. The number of aliphatic hydroxyl groups excluding tert-OH is 1. The summed E-state index contributed by atoms with van der Waals surface area (Å²) in [6.45, 7) is 0.635. The molecule has 2 heterocycles. The molecule has 2 saturated heterocycles. The molecule has 21 heavy (non-hydrogen) atoms. The first kappa shape index (κ1) is 15.3. The monoisotopic (exact) mass is 314 g/mol. The Kier molecular flexibility index (Phi) is 4.52. The maximum absolute atomic E-state index is 13.3. The molecule has 1 N–H and O–H groups in total. The van der Waals surface area contributed by atoms with Crippen molar-refractivity contribution in [2.24, 2.45) is 5.92 Å². The Morgan fingerprint density at radius 2 is 2.00 bits per heavy atom. The van der Waals surface area contributed by atoms with Gasteiger partial charge < -0.3 is 9.84 Å². The summed E-state index contributed by atoms with van der Waals surface area (Å²) >= 11 is 1.94. The van der Waals surface area contributed by atoms with E-state index >= 15 is 0 Å². The van der Waals surface area contributed by atoms with Gasteiger partial charge >= 0.3 is 0 Å². The Hall–Kier alpha value is -0.650. The third-order valence-corrected chi connectivity index (χ3v) is 5.65. The van der Waals surface area contributed by atoms with Crippen molar-refractivity contribution in [1.29, 1.82) is 0 Å². The van der Waals surface area contributed by atoms with Crippen molar-refractivity contribution < 1.29 is 18.6 Å². The Balaban J connectivity index is 1.74. The number of aliphatic hydroxyl groups is 1. The standard InChI is InChI=1S/C16H20F2O2S/c17-13-2-1-11(9-14(13)18)15(19)12-3-6-20-16(10-12)4-7-21-8-5-16/h1-2,9,12,15,19H,3-8,10H2. The minimum absolute atomic E-state index is 0.0479. The zero-order chi connectivity index (χ0) is 14.9. The lowest BCUT2D eigenvalue weighted by Crippen LogP contribution is -2.44. The molecule has 3 rings (SSSR count). The van der Waals surface area contributed by atoms with E-state index in [2.05, 4.69) is 0 Å². The molecule has 2 aliphatic rings. The Labute approximate surface area is 127 Å². The molecule has 2 aliphatic heterocycles. The van der Waals surface area contributed by atoms with Crippen molar-refractivity contribution in [3.63, 3.8) is 0 Å². The number of hydrogen-bond donors (Lipinski definition) is 1. The van der Waals surface area contributed by atoms with Gasteiger partial charge in [0, 0.05) is 6.61 Å². The molecule has 0 aromatic heterocycles. The predicted octanol–water partition coefficient (Wildman–Crippen LogP) is 3.69. The average molecular weight is 314 g/mol. The molecule has 2 fully saturated rings. The first-order valence-electron chi connectivity index (χ1n) is 7.44. The van der Waals surface area contributed by atoms with Crippen LogP contribution in [0.3, 0.4) is 0 Å². The van der Waals surface area contributed by atoms with E-state index in [1.165, 1.54) is 6.07 Å². The number of benzene rings is 1. The smallest absolute Gasteiger partial charge is 0.159 e. The van der Waals surface area contributed by atoms with Gasteiger partial charge in [0.2, 0.25) is 0 Å². The van der Waals surface area contributed by atoms with Crippen LogP contribution >= 0.6 is 11.8 Å². The molecule has 5 heteroatoms. The van der Waals surface area contributed by atoms with Crippen molar-refractivity contribution in [1.82, 2.24) is 0 Å². The SMILES string of the molecule is OC(c1ccc(F)c(F)c1)C1CCOC2(CCSCC2)C1. The van der Waals surface area contributed by atoms with Gasteiger partial charge in [0.05, 0.1) is 11.7 Å². The average Bonchev–Trinajstić information content (AvgIpc) is 2.50. The highest BCUT2D eigenvalue weighted by molar-refractivity contribution is 7.99. The third-order valence-electron chi connectivity index (χ3n) is 4.67. The molecule has 1 aromatic rings. The largest absolute Gasteiger partial charge is 0.388 e. The second kappa shape index (κ2) is 6.23. The lowest BCUT2D eigenvalue weighted by Gasteiger charge is -2.44. The molecule has 2 unspecified atom stereocenters. The Bertz CT molecular complexity index is 498. The highest BCUT2D eigenvalue weighted by Crippen LogP contribution is 2.43. The fraction of sp³-hybridized carbons (Fsp3) is 0.625. The summed E-state index contributed by atoms with van der Waals surface area (Å²) in [5, 5.41) is 10.5. The van der Waals surface area contributed by atoms with Crippen LogP contribution in [-0.4, -0.2) is 28.8 Å². The van der Waals surface area contributed by atoms with Crippen molar-refractivity contribution in [3.8, 4) is 0 Å². The van der Waals surface area contributed by atoms with E-state index in [4.69, 9.17) is 4.74 Å². The molecular weight excluding hydrogens is 294 g/mol. The van der Waals surface area contributed by atoms with Crippen molar-refractivity contribution in [3.05, 3.63) is 35.4 Å². The molecule has 0 saturated carbocycles. The number of thioether (sulfide) groups is 1. The topological polar surface area (TPSA) is 29.5 Å².